The van der Waals surface area contributed by atoms with Gasteiger partial charge in [0.2, 0.25) is 0 Å². The molecule has 0 saturated heterocycles. The Hall–Kier alpha value is -2.81. The van der Waals surface area contributed by atoms with E-state index < -0.39 is 32.5 Å². The van der Waals surface area contributed by atoms with Crippen LogP contribution in [0.3, 0.4) is 0 Å². The summed E-state index contributed by atoms with van der Waals surface area (Å²) in [6.07, 6.45) is 47.7. The minimum Gasteiger partial charge on any atom is -0.462 e. The van der Waals surface area contributed by atoms with Gasteiger partial charge in [-0.3, -0.25) is 18.6 Å². The van der Waals surface area contributed by atoms with Crippen LogP contribution in [-0.2, 0) is 32.7 Å². The van der Waals surface area contributed by atoms with Crippen LogP contribution in [0.1, 0.15) is 142 Å². The number of carbonyl (C=O) groups is 2. The number of likely N-dealkylation sites (N-methyl/N-ethyl adjacent to an activating group) is 1. The minimum absolute atomic E-state index is 0.0333. The van der Waals surface area contributed by atoms with Gasteiger partial charge >= 0.3 is 19.8 Å². The third-order valence-corrected chi connectivity index (χ3v) is 8.98. The van der Waals surface area contributed by atoms with Crippen LogP contribution in [-0.4, -0.2) is 56.3 Å². The van der Waals surface area contributed by atoms with Crippen LogP contribution in [0.4, 0.5) is 0 Å². The maximum atomic E-state index is 12.6. The molecule has 0 aromatic carbocycles. The van der Waals surface area contributed by atoms with Gasteiger partial charge in [-0.2, -0.15) is 0 Å². The van der Waals surface area contributed by atoms with Crippen LogP contribution in [0, 0.1) is 0 Å². The van der Waals surface area contributed by atoms with E-state index in [0.29, 0.717) is 19.4 Å². The summed E-state index contributed by atoms with van der Waals surface area (Å²) >= 11 is 0. The molecule has 0 aliphatic heterocycles. The van der Waals surface area contributed by atoms with E-state index in [9.17, 15) is 19.0 Å². The molecule has 0 bridgehead atoms. The first-order chi connectivity index (χ1) is 26.3. The zero-order valence-corrected chi connectivity index (χ0v) is 34.8. The highest BCUT2D eigenvalue weighted by atomic mass is 31.2. The summed E-state index contributed by atoms with van der Waals surface area (Å²) in [6.45, 7) is 3.97. The fourth-order valence-corrected chi connectivity index (χ4v) is 5.66. The minimum atomic E-state index is -4.37. The zero-order valence-electron chi connectivity index (χ0n) is 33.9. The van der Waals surface area contributed by atoms with Crippen molar-refractivity contribution >= 4 is 19.8 Å². The van der Waals surface area contributed by atoms with Crippen molar-refractivity contribution in [2.45, 2.75) is 148 Å². The third kappa shape index (κ3) is 38.9. The van der Waals surface area contributed by atoms with Crippen LogP contribution in [0.25, 0.3) is 0 Å². The van der Waals surface area contributed by atoms with Crippen molar-refractivity contribution in [1.82, 2.24) is 5.32 Å². The molecule has 0 aromatic heterocycles. The maximum absolute atomic E-state index is 12.6. The van der Waals surface area contributed by atoms with Gasteiger partial charge in [-0.1, -0.05) is 131 Å². The molecule has 2 N–H and O–H groups in total. The monoisotopic (exact) mass is 776 g/mol. The van der Waals surface area contributed by atoms with E-state index in [4.69, 9.17) is 18.5 Å². The number of ether oxygens (including phenoxy) is 2. The highest BCUT2D eigenvalue weighted by Crippen LogP contribution is 2.43. The largest absolute Gasteiger partial charge is 0.472 e. The molecule has 9 nitrogen and oxygen atoms in total. The fourth-order valence-electron chi connectivity index (χ4n) is 4.91. The lowest BCUT2D eigenvalue weighted by atomic mass is 10.1. The number of hydrogen-bond donors (Lipinski definition) is 2. The van der Waals surface area contributed by atoms with Crippen molar-refractivity contribution in [3.8, 4) is 0 Å². The van der Waals surface area contributed by atoms with Crippen LogP contribution in [0.15, 0.2) is 85.1 Å². The summed E-state index contributed by atoms with van der Waals surface area (Å²) < 4.78 is 33.1. The van der Waals surface area contributed by atoms with Gasteiger partial charge in [0, 0.05) is 19.4 Å². The molecule has 0 saturated carbocycles. The number of rotatable bonds is 37. The number of hydrogen-bond acceptors (Lipinski definition) is 8. The molecule has 0 aromatic rings. The molecule has 308 valence electrons. The first kappa shape index (κ1) is 51.2. The molecule has 54 heavy (non-hydrogen) atoms. The number of allylic oxidation sites excluding steroid dienone is 14. The Morgan fingerprint density at radius 2 is 1.07 bits per heavy atom. The average molecular weight is 776 g/mol. The van der Waals surface area contributed by atoms with E-state index in [1.165, 1.54) is 25.7 Å². The fraction of sp³-hybridized carbons (Fsp3) is 0.636. The van der Waals surface area contributed by atoms with Crippen molar-refractivity contribution in [2.24, 2.45) is 0 Å². The van der Waals surface area contributed by atoms with Gasteiger partial charge < -0.3 is 19.7 Å². The smallest absolute Gasteiger partial charge is 0.462 e. The van der Waals surface area contributed by atoms with Crippen molar-refractivity contribution in [3.05, 3.63) is 85.1 Å². The van der Waals surface area contributed by atoms with Crippen LogP contribution in [0.5, 0.6) is 0 Å². The van der Waals surface area contributed by atoms with Crippen LogP contribution >= 0.6 is 7.82 Å². The molecule has 0 heterocycles. The van der Waals surface area contributed by atoms with Crippen molar-refractivity contribution < 1.29 is 37.6 Å². The second kappa shape index (κ2) is 39.9. The molecule has 0 aliphatic rings. The summed E-state index contributed by atoms with van der Waals surface area (Å²) in [5, 5.41) is 2.81. The van der Waals surface area contributed by atoms with Gasteiger partial charge in [0.15, 0.2) is 6.10 Å². The normalized spacial score (nSPS) is 14.2. The molecule has 0 amide bonds. The van der Waals surface area contributed by atoms with Crippen molar-refractivity contribution in [1.29, 1.82) is 0 Å². The van der Waals surface area contributed by atoms with E-state index in [-0.39, 0.29) is 26.1 Å². The topological polar surface area (TPSA) is 120 Å². The lowest BCUT2D eigenvalue weighted by Crippen LogP contribution is -2.29. The second-order valence-corrected chi connectivity index (χ2v) is 14.5. The SMILES string of the molecule is CC/C=C\C/C=C\C/C=C\C/C=C\C/C=C\CCCC(=O)OCC(COP(=O)(O)OCCNC)OC(=O)CCCCCCC/C=C\C/C=C\CCCCC. The van der Waals surface area contributed by atoms with Gasteiger partial charge in [-0.15, -0.1) is 0 Å². The summed E-state index contributed by atoms with van der Waals surface area (Å²) in [6, 6.07) is 0. The Bertz CT molecular complexity index is 1160. The molecule has 2 atom stereocenters. The van der Waals surface area contributed by atoms with Gasteiger partial charge in [0.25, 0.3) is 0 Å². The van der Waals surface area contributed by atoms with Gasteiger partial charge in [0.05, 0.1) is 13.2 Å². The standard InChI is InChI=1S/C44H74NO8P/c1-4-6-8-10-12-14-16-18-20-21-23-24-26-28-30-32-34-36-43(46)50-40-42(41-52-54(48,49)51-39-38-45-3)53-44(47)37-35-33-31-29-27-25-22-19-17-15-13-11-9-7-5-2/h6,8,12-15,18-20,22-24,28,30,42,45H,4-5,7,9-11,16-17,21,25-27,29,31-41H2,1-3H3,(H,48,49)/b8-6-,14-12-,15-13-,20-18-,22-19-,24-23-,30-28-. The Morgan fingerprint density at radius 3 is 1.63 bits per heavy atom. The molecular weight excluding hydrogens is 701 g/mol. The zero-order chi connectivity index (χ0) is 39.6. The second-order valence-electron chi connectivity index (χ2n) is 13.1. The first-order valence-electron chi connectivity index (χ1n) is 20.5. The van der Waals surface area contributed by atoms with E-state index in [0.717, 1.165) is 77.0 Å². The summed E-state index contributed by atoms with van der Waals surface area (Å²) in [7, 11) is -2.68. The Kier molecular flexibility index (Phi) is 37.8. The lowest BCUT2D eigenvalue weighted by Gasteiger charge is -2.20. The van der Waals surface area contributed by atoms with Crippen molar-refractivity contribution in [3.63, 3.8) is 0 Å². The van der Waals surface area contributed by atoms with Gasteiger partial charge in [-0.25, -0.2) is 4.57 Å². The Morgan fingerprint density at radius 1 is 0.593 bits per heavy atom. The maximum Gasteiger partial charge on any atom is 0.472 e. The number of esters is 2. The van der Waals surface area contributed by atoms with E-state index in [1.807, 2.05) is 6.08 Å². The number of phosphoric ester groups is 1. The molecule has 0 rings (SSSR count). The van der Waals surface area contributed by atoms with E-state index in [2.05, 4.69) is 98.2 Å². The molecular formula is C44H74NO8P. The predicted molar refractivity (Wildman–Crippen MR) is 224 cm³/mol. The predicted octanol–water partition coefficient (Wildman–Crippen LogP) is 11.5. The molecule has 2 unspecified atom stereocenters. The average Bonchev–Trinajstić information content (AvgIpc) is 3.15. The summed E-state index contributed by atoms with van der Waals surface area (Å²) in [5.74, 6) is -0.901. The number of nitrogens with one attached hydrogen (secondary N) is 1. The molecule has 0 spiro atoms. The Balaban J connectivity index is 4.40. The summed E-state index contributed by atoms with van der Waals surface area (Å²) in [5.41, 5.74) is 0. The van der Waals surface area contributed by atoms with E-state index >= 15 is 0 Å². The number of unbranched alkanes of at least 4 members (excludes halogenated alkanes) is 9. The lowest BCUT2D eigenvalue weighted by molar-refractivity contribution is -0.161. The number of carbonyl (C=O) groups excluding carboxylic acids is 2. The van der Waals surface area contributed by atoms with Crippen LogP contribution < -0.4 is 5.32 Å². The first-order valence-corrected chi connectivity index (χ1v) is 22.0. The molecule has 0 aliphatic carbocycles. The van der Waals surface area contributed by atoms with Crippen molar-refractivity contribution in [2.75, 3.05) is 33.4 Å². The van der Waals surface area contributed by atoms with Gasteiger partial charge in [-0.05, 0) is 90.5 Å². The Labute approximate surface area is 328 Å². The summed E-state index contributed by atoms with van der Waals surface area (Å²) in [4.78, 5) is 35.0. The van der Waals surface area contributed by atoms with Gasteiger partial charge in [0.1, 0.15) is 6.61 Å². The van der Waals surface area contributed by atoms with Crippen LogP contribution in [0.2, 0.25) is 0 Å². The molecule has 10 heteroatoms. The highest BCUT2D eigenvalue weighted by molar-refractivity contribution is 7.47. The number of phosphoric acid groups is 1. The quantitative estimate of drug-likeness (QED) is 0.0275. The highest BCUT2D eigenvalue weighted by Gasteiger charge is 2.26. The van der Waals surface area contributed by atoms with E-state index in [1.54, 1.807) is 7.05 Å². The molecule has 0 fully saturated rings. The third-order valence-electron chi connectivity index (χ3n) is 8.00. The molecule has 0 radical (unpaired) electrons.